The lowest BCUT2D eigenvalue weighted by Crippen LogP contribution is -2.38. The first-order chi connectivity index (χ1) is 19.5. The van der Waals surface area contributed by atoms with Crippen LogP contribution in [0.4, 0.5) is 11.5 Å². The van der Waals surface area contributed by atoms with E-state index in [-0.39, 0.29) is 18.4 Å². The van der Waals surface area contributed by atoms with Crippen LogP contribution >= 0.6 is 0 Å². The number of carbonyl (C=O) groups is 3. The molecule has 41 heavy (non-hydrogen) atoms. The zero-order valence-corrected chi connectivity index (χ0v) is 23.9. The van der Waals surface area contributed by atoms with Crippen LogP contribution in [-0.4, -0.2) is 52.9 Å². The van der Waals surface area contributed by atoms with Crippen LogP contribution in [0.5, 0.6) is 0 Å². The van der Waals surface area contributed by atoms with Gasteiger partial charge in [-0.1, -0.05) is 18.2 Å². The number of esters is 1. The van der Waals surface area contributed by atoms with Gasteiger partial charge in [0.2, 0.25) is 0 Å². The van der Waals surface area contributed by atoms with Crippen molar-refractivity contribution < 1.29 is 19.1 Å². The number of likely N-dealkylation sites (tertiary alicyclic amines) is 1. The molecule has 0 radical (unpaired) electrons. The highest BCUT2D eigenvalue weighted by Crippen LogP contribution is 2.29. The molecule has 1 fully saturated rings. The molecule has 2 amide bonds. The van der Waals surface area contributed by atoms with Crippen LogP contribution in [0.1, 0.15) is 76.9 Å². The van der Waals surface area contributed by atoms with E-state index >= 15 is 0 Å². The average Bonchev–Trinajstić information content (AvgIpc) is 2.96. The highest BCUT2D eigenvalue weighted by atomic mass is 16.6. The Bertz CT molecular complexity index is 1450. The molecule has 0 bridgehead atoms. The van der Waals surface area contributed by atoms with E-state index < -0.39 is 11.6 Å². The summed E-state index contributed by atoms with van der Waals surface area (Å²) in [5, 5.41) is 14.8. The molecule has 1 saturated heterocycles. The summed E-state index contributed by atoms with van der Waals surface area (Å²) in [5.41, 5.74) is 3.51. The van der Waals surface area contributed by atoms with Gasteiger partial charge < -0.3 is 20.3 Å². The lowest BCUT2D eigenvalue weighted by Gasteiger charge is -2.32. The molecule has 1 aromatic heterocycles. The number of amides is 2. The van der Waals surface area contributed by atoms with Crippen LogP contribution in [0.15, 0.2) is 60.8 Å². The summed E-state index contributed by atoms with van der Waals surface area (Å²) in [6.07, 6.45) is 3.13. The van der Waals surface area contributed by atoms with E-state index in [4.69, 9.17) is 10.00 Å². The maximum Gasteiger partial charge on any atom is 0.325 e. The minimum absolute atomic E-state index is 0.0387. The number of rotatable bonds is 7. The molecule has 2 N–H and O–H groups in total. The van der Waals surface area contributed by atoms with Crippen LogP contribution in [-0.2, 0) is 9.53 Å². The summed E-state index contributed by atoms with van der Waals surface area (Å²) >= 11 is 0. The van der Waals surface area contributed by atoms with Gasteiger partial charge in [-0.25, -0.2) is 4.98 Å². The molecular weight excluding hydrogens is 518 g/mol. The normalized spacial score (nSPS) is 13.7. The second-order valence-corrected chi connectivity index (χ2v) is 11.2. The summed E-state index contributed by atoms with van der Waals surface area (Å²) in [5.74, 6) is -0.0269. The van der Waals surface area contributed by atoms with Gasteiger partial charge in [-0.05, 0) is 94.0 Å². The molecule has 2 aromatic carbocycles. The number of pyridine rings is 1. The quantitative estimate of drug-likeness (QED) is 0.381. The Morgan fingerprint density at radius 2 is 1.71 bits per heavy atom. The number of aryl methyl sites for hydroxylation is 1. The fourth-order valence-electron chi connectivity index (χ4n) is 4.69. The van der Waals surface area contributed by atoms with Gasteiger partial charge in [-0.2, -0.15) is 5.26 Å². The third-order valence-electron chi connectivity index (χ3n) is 6.89. The lowest BCUT2D eigenvalue weighted by molar-refractivity contribution is -0.152. The number of piperidine rings is 1. The summed E-state index contributed by atoms with van der Waals surface area (Å²) in [6, 6.07) is 18.4. The summed E-state index contributed by atoms with van der Waals surface area (Å²) in [7, 11) is 0. The third kappa shape index (κ3) is 7.92. The minimum Gasteiger partial charge on any atom is -0.459 e. The van der Waals surface area contributed by atoms with Crippen LogP contribution in [0.2, 0.25) is 0 Å². The molecule has 0 atom stereocenters. The number of nitrogens with zero attached hydrogens (tertiary/aromatic N) is 3. The second kappa shape index (κ2) is 12.6. The number of ether oxygens (including phenoxy) is 1. The molecule has 2 heterocycles. The first-order valence-electron chi connectivity index (χ1n) is 13.7. The standard InChI is InChI=1S/C32H35N5O4/c1-21-5-8-25(31(40)37-15-13-24(14-16-37)23-9-6-22(18-33)7-10-23)17-27(21)36-30(39)26-11-12-28(34-19-26)35-20-29(38)41-32(2,3)4/h5-12,17,19,24H,13-16,20H2,1-4H3,(H,34,35)(H,36,39). The molecule has 212 valence electrons. The molecule has 0 spiro atoms. The van der Waals surface area contributed by atoms with Crippen molar-refractivity contribution in [3.8, 4) is 6.07 Å². The van der Waals surface area contributed by atoms with Gasteiger partial charge >= 0.3 is 5.97 Å². The second-order valence-electron chi connectivity index (χ2n) is 11.2. The maximum absolute atomic E-state index is 13.3. The van der Waals surface area contributed by atoms with Crippen molar-refractivity contribution >= 4 is 29.3 Å². The van der Waals surface area contributed by atoms with Crippen molar-refractivity contribution in [1.29, 1.82) is 5.26 Å². The van der Waals surface area contributed by atoms with Crippen LogP contribution in [0, 0.1) is 18.3 Å². The Kier molecular flexibility index (Phi) is 9.03. The van der Waals surface area contributed by atoms with Crippen molar-refractivity contribution in [3.05, 3.63) is 88.6 Å². The largest absolute Gasteiger partial charge is 0.459 e. The molecule has 4 rings (SSSR count). The highest BCUT2D eigenvalue weighted by Gasteiger charge is 2.25. The van der Waals surface area contributed by atoms with E-state index in [0.717, 1.165) is 18.4 Å². The van der Waals surface area contributed by atoms with Crippen LogP contribution in [0.25, 0.3) is 0 Å². The van der Waals surface area contributed by atoms with Crippen LogP contribution < -0.4 is 10.6 Å². The number of nitrogens with one attached hydrogen (secondary N) is 2. The van der Waals surface area contributed by atoms with Gasteiger partial charge in [0, 0.05) is 30.5 Å². The van der Waals surface area contributed by atoms with Crippen LogP contribution in [0.3, 0.4) is 0 Å². The van der Waals surface area contributed by atoms with Gasteiger partial charge in [0.25, 0.3) is 11.8 Å². The molecule has 1 aliphatic heterocycles. The Hall–Kier alpha value is -4.71. The Morgan fingerprint density at radius 1 is 1.02 bits per heavy atom. The van der Waals surface area contributed by atoms with E-state index in [1.165, 1.54) is 11.8 Å². The average molecular weight is 554 g/mol. The third-order valence-corrected chi connectivity index (χ3v) is 6.89. The predicted molar refractivity (Wildman–Crippen MR) is 157 cm³/mol. The molecule has 0 aliphatic carbocycles. The zero-order chi connectivity index (χ0) is 29.6. The van der Waals surface area contributed by atoms with Gasteiger partial charge in [-0.3, -0.25) is 14.4 Å². The van der Waals surface area contributed by atoms with Crippen molar-refractivity contribution in [2.75, 3.05) is 30.3 Å². The maximum atomic E-state index is 13.3. The molecule has 9 heteroatoms. The molecule has 0 saturated carbocycles. The Labute approximate surface area is 240 Å². The number of benzene rings is 2. The van der Waals surface area contributed by atoms with Crippen molar-refractivity contribution in [2.24, 2.45) is 0 Å². The van der Waals surface area contributed by atoms with E-state index in [0.29, 0.717) is 47.2 Å². The Morgan fingerprint density at radius 3 is 2.32 bits per heavy atom. The number of nitriles is 1. The fourth-order valence-corrected chi connectivity index (χ4v) is 4.69. The van der Waals surface area contributed by atoms with Gasteiger partial charge in [0.15, 0.2) is 0 Å². The summed E-state index contributed by atoms with van der Waals surface area (Å²) in [6.45, 7) is 8.50. The highest BCUT2D eigenvalue weighted by molar-refractivity contribution is 6.05. The van der Waals surface area contributed by atoms with E-state index in [1.807, 2.05) is 42.2 Å². The summed E-state index contributed by atoms with van der Waals surface area (Å²) < 4.78 is 5.26. The minimum atomic E-state index is -0.571. The van der Waals surface area contributed by atoms with E-state index in [2.05, 4.69) is 21.7 Å². The van der Waals surface area contributed by atoms with Crippen molar-refractivity contribution in [3.63, 3.8) is 0 Å². The number of hydrogen-bond acceptors (Lipinski definition) is 7. The van der Waals surface area contributed by atoms with Gasteiger partial charge in [0.05, 0.1) is 17.2 Å². The van der Waals surface area contributed by atoms with E-state index in [1.54, 1.807) is 45.0 Å². The molecule has 1 aliphatic rings. The van der Waals surface area contributed by atoms with Crippen molar-refractivity contribution in [2.45, 2.75) is 52.1 Å². The fraction of sp³-hybridized carbons (Fsp3) is 0.344. The molecule has 3 aromatic rings. The first-order valence-corrected chi connectivity index (χ1v) is 13.7. The molecule has 9 nitrogen and oxygen atoms in total. The van der Waals surface area contributed by atoms with Crippen molar-refractivity contribution in [1.82, 2.24) is 9.88 Å². The SMILES string of the molecule is Cc1ccc(C(=O)N2CCC(c3ccc(C#N)cc3)CC2)cc1NC(=O)c1ccc(NCC(=O)OC(C)(C)C)nc1. The Balaban J connectivity index is 1.33. The topological polar surface area (TPSA) is 124 Å². The summed E-state index contributed by atoms with van der Waals surface area (Å²) in [4.78, 5) is 44.2. The molecular formula is C32H35N5O4. The zero-order valence-electron chi connectivity index (χ0n) is 23.9. The predicted octanol–water partition coefficient (Wildman–Crippen LogP) is 5.29. The number of hydrogen-bond donors (Lipinski definition) is 2. The van der Waals surface area contributed by atoms with Gasteiger partial charge in [-0.15, -0.1) is 0 Å². The van der Waals surface area contributed by atoms with Gasteiger partial charge in [0.1, 0.15) is 18.0 Å². The first kappa shape index (κ1) is 29.3. The smallest absolute Gasteiger partial charge is 0.325 e. The van der Waals surface area contributed by atoms with E-state index in [9.17, 15) is 14.4 Å². The monoisotopic (exact) mass is 553 g/mol. The number of anilines is 2. The number of carbonyl (C=O) groups excluding carboxylic acids is 3. The number of aromatic nitrogens is 1. The lowest BCUT2D eigenvalue weighted by atomic mass is 9.89. The molecule has 0 unspecified atom stereocenters.